The quantitative estimate of drug-likeness (QED) is 0.901. The first kappa shape index (κ1) is 13.5. The average molecular weight is 280 g/mol. The zero-order valence-corrected chi connectivity index (χ0v) is 10.8. The van der Waals surface area contributed by atoms with Gasteiger partial charge in [-0.05, 0) is 24.8 Å². The second kappa shape index (κ2) is 4.65. The first-order valence-electron chi connectivity index (χ1n) is 5.70. The van der Waals surface area contributed by atoms with Crippen molar-refractivity contribution in [1.82, 2.24) is 9.36 Å². The Kier molecular flexibility index (Phi) is 3.50. The standard InChI is InChI=1S/C10H15F3N4S/c1-9(6-14)2-4-17(5-3-9)8-15-7(16-18-8)10(11,12)13/h2-6,14H2,1H3. The predicted molar refractivity (Wildman–Crippen MR) is 63.5 cm³/mol. The SMILES string of the molecule is CC1(CN)CCN(c2nc(C(F)(F)F)ns2)CC1. The topological polar surface area (TPSA) is 55.0 Å². The van der Waals surface area contributed by atoms with Gasteiger partial charge in [0.15, 0.2) is 0 Å². The molecule has 1 aliphatic heterocycles. The third-order valence-electron chi connectivity index (χ3n) is 3.40. The second-order valence-electron chi connectivity index (χ2n) is 4.90. The number of piperidine rings is 1. The molecular weight excluding hydrogens is 265 g/mol. The molecule has 0 atom stereocenters. The molecule has 0 radical (unpaired) electrons. The Labute approximate surface area is 107 Å². The number of nitrogens with zero attached hydrogens (tertiary/aromatic N) is 3. The van der Waals surface area contributed by atoms with E-state index in [2.05, 4.69) is 16.3 Å². The normalized spacial score (nSPS) is 20.2. The van der Waals surface area contributed by atoms with E-state index >= 15 is 0 Å². The van der Waals surface area contributed by atoms with Crippen molar-refractivity contribution in [2.45, 2.75) is 25.9 Å². The van der Waals surface area contributed by atoms with Crippen molar-refractivity contribution in [2.75, 3.05) is 24.5 Å². The number of alkyl halides is 3. The van der Waals surface area contributed by atoms with E-state index in [1.54, 1.807) is 0 Å². The van der Waals surface area contributed by atoms with Gasteiger partial charge in [0.2, 0.25) is 11.0 Å². The zero-order valence-electron chi connectivity index (χ0n) is 10.00. The minimum atomic E-state index is -4.46. The molecule has 1 saturated heterocycles. The van der Waals surface area contributed by atoms with Crippen LogP contribution in [0.15, 0.2) is 0 Å². The zero-order chi connectivity index (χ0) is 13.4. The molecule has 1 aromatic heterocycles. The molecule has 0 aromatic carbocycles. The molecule has 2 heterocycles. The summed E-state index contributed by atoms with van der Waals surface area (Å²) < 4.78 is 40.5. The Balaban J connectivity index is 2.04. The first-order chi connectivity index (χ1) is 8.34. The number of aromatic nitrogens is 2. The van der Waals surface area contributed by atoms with Gasteiger partial charge in [0.1, 0.15) is 0 Å². The van der Waals surface area contributed by atoms with Gasteiger partial charge in [-0.15, -0.1) is 0 Å². The predicted octanol–water partition coefficient (Wildman–Crippen LogP) is 2.12. The second-order valence-corrected chi connectivity index (χ2v) is 5.63. The van der Waals surface area contributed by atoms with Crippen molar-refractivity contribution in [1.29, 1.82) is 0 Å². The molecule has 2 rings (SSSR count). The maximum absolute atomic E-state index is 12.4. The lowest BCUT2D eigenvalue weighted by Gasteiger charge is -2.38. The van der Waals surface area contributed by atoms with E-state index in [4.69, 9.17) is 5.73 Å². The van der Waals surface area contributed by atoms with Crippen LogP contribution >= 0.6 is 11.5 Å². The molecule has 0 saturated carbocycles. The van der Waals surface area contributed by atoms with Crippen molar-refractivity contribution >= 4 is 16.7 Å². The third kappa shape index (κ3) is 2.74. The summed E-state index contributed by atoms with van der Waals surface area (Å²) >= 11 is 0.804. The highest BCUT2D eigenvalue weighted by atomic mass is 32.1. The van der Waals surface area contributed by atoms with Gasteiger partial charge in [-0.2, -0.15) is 22.5 Å². The molecular formula is C10H15F3N4S. The fraction of sp³-hybridized carbons (Fsp3) is 0.800. The van der Waals surface area contributed by atoms with E-state index in [9.17, 15) is 13.2 Å². The van der Waals surface area contributed by atoms with Crippen LogP contribution in [0.2, 0.25) is 0 Å². The lowest BCUT2D eigenvalue weighted by Crippen LogP contribution is -2.42. The highest BCUT2D eigenvalue weighted by Crippen LogP contribution is 2.34. The smallest absolute Gasteiger partial charge is 0.347 e. The van der Waals surface area contributed by atoms with Crippen molar-refractivity contribution < 1.29 is 13.2 Å². The van der Waals surface area contributed by atoms with Crippen LogP contribution in [0.3, 0.4) is 0 Å². The highest BCUT2D eigenvalue weighted by Gasteiger charge is 2.37. The highest BCUT2D eigenvalue weighted by molar-refractivity contribution is 7.09. The summed E-state index contributed by atoms with van der Waals surface area (Å²) in [7, 11) is 0. The first-order valence-corrected chi connectivity index (χ1v) is 6.47. The summed E-state index contributed by atoms with van der Waals surface area (Å²) in [6.07, 6.45) is -2.73. The Morgan fingerprint density at radius 3 is 2.44 bits per heavy atom. The largest absolute Gasteiger partial charge is 0.452 e. The molecule has 0 unspecified atom stereocenters. The number of anilines is 1. The van der Waals surface area contributed by atoms with Crippen LogP contribution < -0.4 is 10.6 Å². The Hall–Kier alpha value is -0.890. The summed E-state index contributed by atoms with van der Waals surface area (Å²) in [5.41, 5.74) is 5.78. The van der Waals surface area contributed by atoms with Crippen molar-refractivity contribution in [3.63, 3.8) is 0 Å². The van der Waals surface area contributed by atoms with Gasteiger partial charge in [-0.3, -0.25) is 0 Å². The molecule has 0 bridgehead atoms. The molecule has 0 amide bonds. The fourth-order valence-corrected chi connectivity index (χ4v) is 2.64. The van der Waals surface area contributed by atoms with E-state index in [0.29, 0.717) is 24.8 Å². The Morgan fingerprint density at radius 1 is 1.39 bits per heavy atom. The van der Waals surface area contributed by atoms with Crippen molar-refractivity contribution in [2.24, 2.45) is 11.1 Å². The Bertz CT molecular complexity index is 410. The summed E-state index contributed by atoms with van der Waals surface area (Å²) in [6, 6.07) is 0. The van der Waals surface area contributed by atoms with Gasteiger partial charge < -0.3 is 10.6 Å². The van der Waals surface area contributed by atoms with E-state index in [-0.39, 0.29) is 5.41 Å². The van der Waals surface area contributed by atoms with Gasteiger partial charge in [0, 0.05) is 24.6 Å². The van der Waals surface area contributed by atoms with Gasteiger partial charge in [0.25, 0.3) is 0 Å². The lowest BCUT2D eigenvalue weighted by molar-refractivity contribution is -0.144. The molecule has 102 valence electrons. The number of nitrogens with two attached hydrogens (primary N) is 1. The van der Waals surface area contributed by atoms with Gasteiger partial charge in [-0.1, -0.05) is 6.92 Å². The molecule has 8 heteroatoms. The van der Waals surface area contributed by atoms with E-state index in [1.165, 1.54) is 0 Å². The number of hydrogen-bond donors (Lipinski definition) is 1. The molecule has 0 aliphatic carbocycles. The van der Waals surface area contributed by atoms with Crippen molar-refractivity contribution in [3.8, 4) is 0 Å². The van der Waals surface area contributed by atoms with Gasteiger partial charge >= 0.3 is 6.18 Å². The number of rotatable bonds is 2. The minimum Gasteiger partial charge on any atom is -0.347 e. The lowest BCUT2D eigenvalue weighted by atomic mass is 9.81. The number of hydrogen-bond acceptors (Lipinski definition) is 5. The van der Waals surface area contributed by atoms with Crippen LogP contribution in [0.4, 0.5) is 18.3 Å². The summed E-state index contributed by atoms with van der Waals surface area (Å²) in [5.74, 6) is -1.05. The molecule has 1 aliphatic rings. The van der Waals surface area contributed by atoms with Crippen LogP contribution in [0.1, 0.15) is 25.6 Å². The van der Waals surface area contributed by atoms with Crippen LogP contribution in [-0.4, -0.2) is 29.0 Å². The molecule has 18 heavy (non-hydrogen) atoms. The van der Waals surface area contributed by atoms with Gasteiger partial charge in [0.05, 0.1) is 0 Å². The summed E-state index contributed by atoms with van der Waals surface area (Å²) in [6.45, 7) is 4.07. The molecule has 4 nitrogen and oxygen atoms in total. The average Bonchev–Trinajstić information content (AvgIpc) is 2.79. The summed E-state index contributed by atoms with van der Waals surface area (Å²) in [5, 5.41) is 0.349. The Morgan fingerprint density at radius 2 is 2.00 bits per heavy atom. The molecule has 2 N–H and O–H groups in total. The minimum absolute atomic E-state index is 0.0913. The number of halogens is 3. The van der Waals surface area contributed by atoms with Crippen LogP contribution in [-0.2, 0) is 6.18 Å². The van der Waals surface area contributed by atoms with Crippen LogP contribution in [0.5, 0.6) is 0 Å². The maximum atomic E-state index is 12.4. The van der Waals surface area contributed by atoms with E-state index in [1.807, 2.05) is 4.90 Å². The molecule has 1 aromatic rings. The van der Waals surface area contributed by atoms with Crippen molar-refractivity contribution in [3.05, 3.63) is 5.82 Å². The van der Waals surface area contributed by atoms with Crippen LogP contribution in [0.25, 0.3) is 0 Å². The molecule has 1 fully saturated rings. The molecule has 0 spiro atoms. The monoisotopic (exact) mass is 280 g/mol. The van der Waals surface area contributed by atoms with E-state index < -0.39 is 12.0 Å². The maximum Gasteiger partial charge on any atom is 0.452 e. The van der Waals surface area contributed by atoms with Crippen LogP contribution in [0, 0.1) is 5.41 Å². The summed E-state index contributed by atoms with van der Waals surface area (Å²) in [4.78, 5) is 5.41. The van der Waals surface area contributed by atoms with E-state index in [0.717, 1.165) is 24.4 Å². The van der Waals surface area contributed by atoms with Gasteiger partial charge in [-0.25, -0.2) is 0 Å². The fourth-order valence-electron chi connectivity index (χ4n) is 1.90. The third-order valence-corrected chi connectivity index (χ3v) is 4.18.